The van der Waals surface area contributed by atoms with Gasteiger partial charge in [-0.1, -0.05) is 23.9 Å². The Hall–Kier alpha value is -2.42. The summed E-state index contributed by atoms with van der Waals surface area (Å²) >= 11 is 0.929. The molecule has 3 N–H and O–H groups in total. The number of carboxylic acids is 1. The van der Waals surface area contributed by atoms with Crippen LogP contribution in [0.5, 0.6) is 5.75 Å². The maximum absolute atomic E-state index is 12.3. The number of nitrogen functional groups attached to an aromatic ring is 1. The number of alkyl halides is 3. The molecule has 0 saturated heterocycles. The molecule has 116 valence electrons. The van der Waals surface area contributed by atoms with Crippen LogP contribution in [-0.2, 0) is 0 Å². The first kappa shape index (κ1) is 16.0. The van der Waals surface area contributed by atoms with Crippen molar-refractivity contribution in [3.63, 3.8) is 0 Å². The molecule has 1 heterocycles. The van der Waals surface area contributed by atoms with Gasteiger partial charge in [-0.05, 0) is 18.2 Å². The molecule has 0 bridgehead atoms. The molecule has 22 heavy (non-hydrogen) atoms. The van der Waals surface area contributed by atoms with Gasteiger partial charge < -0.3 is 15.6 Å². The zero-order chi connectivity index (χ0) is 16.3. The molecule has 9 heteroatoms. The van der Waals surface area contributed by atoms with Crippen LogP contribution in [0.25, 0.3) is 0 Å². The first-order chi connectivity index (χ1) is 10.3. The molecule has 0 aliphatic rings. The molecular weight excluding hydrogens is 321 g/mol. The molecule has 0 amide bonds. The standard InChI is InChI=1S/C13H9F3N2O3S/c14-13(15,16)21-9-3-1-2-4-10(9)22-7-5-8(17)11(12(19)20)18-6-7/h1-6H,17H2,(H,19,20). The average Bonchev–Trinajstić information content (AvgIpc) is 2.39. The van der Waals surface area contributed by atoms with Crippen molar-refractivity contribution < 1.29 is 27.8 Å². The summed E-state index contributed by atoms with van der Waals surface area (Å²) in [5, 5.41) is 8.82. The van der Waals surface area contributed by atoms with Crippen molar-refractivity contribution >= 4 is 23.4 Å². The monoisotopic (exact) mass is 330 g/mol. The fourth-order valence-electron chi connectivity index (χ4n) is 1.57. The number of anilines is 1. The highest BCUT2D eigenvalue weighted by Crippen LogP contribution is 2.37. The second kappa shape index (κ2) is 6.14. The van der Waals surface area contributed by atoms with Gasteiger partial charge in [-0.3, -0.25) is 0 Å². The third kappa shape index (κ3) is 4.04. The highest BCUT2D eigenvalue weighted by atomic mass is 32.2. The summed E-state index contributed by atoms with van der Waals surface area (Å²) in [5.74, 6) is -1.64. The van der Waals surface area contributed by atoms with Crippen molar-refractivity contribution in [1.82, 2.24) is 4.98 Å². The number of nitrogens with two attached hydrogens (primary N) is 1. The molecule has 5 nitrogen and oxygen atoms in total. The Morgan fingerprint density at radius 3 is 2.59 bits per heavy atom. The fraction of sp³-hybridized carbons (Fsp3) is 0.0769. The Bertz CT molecular complexity index is 707. The SMILES string of the molecule is Nc1cc(Sc2ccccc2OC(F)(F)F)cnc1C(=O)O. The topological polar surface area (TPSA) is 85.4 Å². The predicted octanol–water partition coefficient (Wildman–Crippen LogP) is 3.41. The number of benzene rings is 1. The number of hydrogen-bond donors (Lipinski definition) is 2. The average molecular weight is 330 g/mol. The Kier molecular flexibility index (Phi) is 4.45. The molecule has 0 atom stereocenters. The van der Waals surface area contributed by atoms with Gasteiger partial charge in [0.2, 0.25) is 0 Å². The Labute approximate surface area is 126 Å². The maximum atomic E-state index is 12.3. The predicted molar refractivity (Wildman–Crippen MR) is 72.9 cm³/mol. The summed E-state index contributed by atoms with van der Waals surface area (Å²) in [7, 11) is 0. The summed E-state index contributed by atoms with van der Waals surface area (Å²) in [6.45, 7) is 0. The van der Waals surface area contributed by atoms with Gasteiger partial charge in [-0.25, -0.2) is 9.78 Å². The van der Waals surface area contributed by atoms with E-state index in [1.54, 1.807) is 6.07 Å². The van der Waals surface area contributed by atoms with Crippen LogP contribution >= 0.6 is 11.8 Å². The van der Waals surface area contributed by atoms with Crippen LogP contribution < -0.4 is 10.5 Å². The van der Waals surface area contributed by atoms with E-state index in [2.05, 4.69) is 9.72 Å². The number of halogens is 3. The van der Waals surface area contributed by atoms with E-state index in [-0.39, 0.29) is 22.0 Å². The van der Waals surface area contributed by atoms with E-state index in [0.717, 1.165) is 11.8 Å². The van der Waals surface area contributed by atoms with E-state index in [1.165, 1.54) is 30.5 Å². The van der Waals surface area contributed by atoms with Crippen molar-refractivity contribution in [3.05, 3.63) is 42.2 Å². The largest absolute Gasteiger partial charge is 0.573 e. The number of ether oxygens (including phenoxy) is 1. The van der Waals surface area contributed by atoms with Crippen LogP contribution in [0.3, 0.4) is 0 Å². The van der Waals surface area contributed by atoms with E-state index in [1.807, 2.05) is 0 Å². The van der Waals surface area contributed by atoms with E-state index in [9.17, 15) is 18.0 Å². The lowest BCUT2D eigenvalue weighted by Crippen LogP contribution is -2.17. The molecule has 0 aliphatic carbocycles. The Morgan fingerprint density at radius 2 is 2.00 bits per heavy atom. The molecule has 0 aliphatic heterocycles. The lowest BCUT2D eigenvalue weighted by atomic mass is 10.3. The number of rotatable bonds is 4. The van der Waals surface area contributed by atoms with E-state index in [4.69, 9.17) is 10.8 Å². The Balaban J connectivity index is 2.28. The quantitative estimate of drug-likeness (QED) is 0.893. The number of aromatic nitrogens is 1. The molecular formula is C13H9F3N2O3S. The molecule has 0 saturated carbocycles. The van der Waals surface area contributed by atoms with Crippen LogP contribution in [-0.4, -0.2) is 22.4 Å². The first-order valence-electron chi connectivity index (χ1n) is 5.78. The molecule has 2 aromatic rings. The van der Waals surface area contributed by atoms with Gasteiger partial charge in [0.15, 0.2) is 5.69 Å². The van der Waals surface area contributed by atoms with E-state index in [0.29, 0.717) is 4.90 Å². The van der Waals surface area contributed by atoms with Crippen molar-refractivity contribution in [2.45, 2.75) is 16.2 Å². The summed E-state index contributed by atoms with van der Waals surface area (Å²) < 4.78 is 40.9. The number of nitrogens with zero attached hydrogens (tertiary/aromatic N) is 1. The smallest absolute Gasteiger partial charge is 0.476 e. The normalized spacial score (nSPS) is 11.2. The van der Waals surface area contributed by atoms with Crippen molar-refractivity contribution in [2.24, 2.45) is 0 Å². The van der Waals surface area contributed by atoms with Crippen LogP contribution in [0.1, 0.15) is 10.5 Å². The molecule has 0 unspecified atom stereocenters. The second-order valence-corrected chi connectivity index (χ2v) is 5.13. The van der Waals surface area contributed by atoms with E-state index < -0.39 is 12.3 Å². The summed E-state index contributed by atoms with van der Waals surface area (Å²) in [4.78, 5) is 15.1. The number of para-hydroxylation sites is 1. The highest BCUT2D eigenvalue weighted by molar-refractivity contribution is 7.99. The second-order valence-electron chi connectivity index (χ2n) is 4.01. The first-order valence-corrected chi connectivity index (χ1v) is 6.59. The summed E-state index contributed by atoms with van der Waals surface area (Å²) in [5.41, 5.74) is 5.16. The van der Waals surface area contributed by atoms with Crippen molar-refractivity contribution in [2.75, 3.05) is 5.73 Å². The zero-order valence-corrected chi connectivity index (χ0v) is 11.6. The number of hydrogen-bond acceptors (Lipinski definition) is 5. The number of carboxylic acid groups (broad SMARTS) is 1. The van der Waals surface area contributed by atoms with Crippen molar-refractivity contribution in [3.8, 4) is 5.75 Å². The minimum Gasteiger partial charge on any atom is -0.476 e. The zero-order valence-electron chi connectivity index (χ0n) is 10.8. The van der Waals surface area contributed by atoms with Gasteiger partial charge in [-0.15, -0.1) is 13.2 Å². The maximum Gasteiger partial charge on any atom is 0.573 e. The number of carbonyl (C=O) groups is 1. The molecule has 2 rings (SSSR count). The molecule has 1 aromatic carbocycles. The third-order valence-electron chi connectivity index (χ3n) is 2.40. The van der Waals surface area contributed by atoms with Crippen LogP contribution in [0.4, 0.5) is 18.9 Å². The van der Waals surface area contributed by atoms with Crippen LogP contribution in [0, 0.1) is 0 Å². The lowest BCUT2D eigenvalue weighted by molar-refractivity contribution is -0.275. The van der Waals surface area contributed by atoms with Crippen molar-refractivity contribution in [1.29, 1.82) is 0 Å². The summed E-state index contributed by atoms with van der Waals surface area (Å²) in [6, 6.07) is 6.90. The van der Waals surface area contributed by atoms with Crippen LogP contribution in [0.2, 0.25) is 0 Å². The van der Waals surface area contributed by atoms with E-state index >= 15 is 0 Å². The minimum absolute atomic E-state index is 0.0771. The van der Waals surface area contributed by atoms with Crippen LogP contribution in [0.15, 0.2) is 46.3 Å². The van der Waals surface area contributed by atoms with Gasteiger partial charge in [0, 0.05) is 11.1 Å². The molecule has 0 fully saturated rings. The van der Waals surface area contributed by atoms with Gasteiger partial charge >= 0.3 is 12.3 Å². The number of aromatic carboxylic acids is 1. The molecule has 0 spiro atoms. The van der Waals surface area contributed by atoms with Gasteiger partial charge in [0.25, 0.3) is 0 Å². The number of pyridine rings is 1. The minimum atomic E-state index is -4.80. The summed E-state index contributed by atoms with van der Waals surface area (Å²) in [6.07, 6.45) is -3.59. The Morgan fingerprint density at radius 1 is 1.32 bits per heavy atom. The fourth-order valence-corrected chi connectivity index (χ4v) is 2.47. The van der Waals surface area contributed by atoms with Gasteiger partial charge in [0.05, 0.1) is 10.6 Å². The molecule has 0 radical (unpaired) electrons. The lowest BCUT2D eigenvalue weighted by Gasteiger charge is -2.12. The van der Waals surface area contributed by atoms with Gasteiger partial charge in [0.1, 0.15) is 5.75 Å². The van der Waals surface area contributed by atoms with Gasteiger partial charge in [-0.2, -0.15) is 0 Å². The third-order valence-corrected chi connectivity index (χ3v) is 3.41. The molecule has 1 aromatic heterocycles. The highest BCUT2D eigenvalue weighted by Gasteiger charge is 2.32.